The van der Waals surface area contributed by atoms with Gasteiger partial charge in [0.05, 0.1) is 12.0 Å². The summed E-state index contributed by atoms with van der Waals surface area (Å²) < 4.78 is 10.2. The van der Waals surface area contributed by atoms with Crippen LogP contribution in [0.1, 0.15) is 15.9 Å². The Kier molecular flexibility index (Phi) is 7.72. The van der Waals surface area contributed by atoms with Gasteiger partial charge in [-0.15, -0.1) is 0 Å². The first kappa shape index (κ1) is 21.4. The third kappa shape index (κ3) is 6.98. The van der Waals surface area contributed by atoms with E-state index < -0.39 is 11.9 Å². The Bertz CT molecular complexity index is 877. The molecule has 3 N–H and O–H groups in total. The number of esters is 2. The van der Waals surface area contributed by atoms with Crippen LogP contribution in [0.25, 0.3) is 0 Å². The van der Waals surface area contributed by atoms with Crippen molar-refractivity contribution in [1.82, 2.24) is 4.90 Å². The number of anilines is 1. The third-order valence-electron chi connectivity index (χ3n) is 3.76. The Morgan fingerprint density at radius 3 is 2.31 bits per heavy atom. The number of nitrogens with one attached hydrogen (secondary N) is 1. The number of ether oxygens (including phenoxy) is 2. The molecular weight excluding hydrogens is 376 g/mol. The number of nitrogens with zero attached hydrogens (tertiary/aromatic N) is 2. The van der Waals surface area contributed by atoms with E-state index in [4.69, 9.17) is 15.3 Å². The van der Waals surface area contributed by atoms with Crippen LogP contribution in [0.5, 0.6) is 5.75 Å². The van der Waals surface area contributed by atoms with Gasteiger partial charge in [0.15, 0.2) is 6.61 Å². The highest BCUT2D eigenvalue weighted by atomic mass is 16.5. The molecule has 2 aromatic carbocycles. The second-order valence-electron chi connectivity index (χ2n) is 6.16. The van der Waals surface area contributed by atoms with Crippen molar-refractivity contribution in [3.8, 4) is 5.75 Å². The van der Waals surface area contributed by atoms with E-state index in [0.717, 1.165) is 5.69 Å². The van der Waals surface area contributed by atoms with Crippen LogP contribution in [0.15, 0.2) is 53.6 Å². The lowest BCUT2D eigenvalue weighted by Crippen LogP contribution is -2.27. The summed E-state index contributed by atoms with van der Waals surface area (Å²) in [7, 11) is 3.16. The molecule has 0 aliphatic rings. The highest BCUT2D eigenvalue weighted by molar-refractivity contribution is 5.91. The van der Waals surface area contributed by atoms with Gasteiger partial charge in [-0.3, -0.25) is 9.59 Å². The van der Waals surface area contributed by atoms with E-state index in [1.165, 1.54) is 11.2 Å². The molecule has 0 fully saturated rings. The first-order valence-electron chi connectivity index (χ1n) is 8.64. The lowest BCUT2D eigenvalue weighted by atomic mass is 10.1. The summed E-state index contributed by atoms with van der Waals surface area (Å²) >= 11 is 0. The zero-order valence-corrected chi connectivity index (χ0v) is 16.1. The van der Waals surface area contributed by atoms with E-state index in [1.807, 2.05) is 0 Å². The van der Waals surface area contributed by atoms with E-state index in [-0.39, 0.29) is 18.9 Å². The zero-order valence-electron chi connectivity index (χ0n) is 16.1. The largest absolute Gasteiger partial charge is 0.455 e. The van der Waals surface area contributed by atoms with Crippen molar-refractivity contribution in [1.29, 1.82) is 0 Å². The standard InChI is InChI=1S/C20H22N4O5/c1-24(2)18(25)12-28-19(26)11-14-3-9-17(10-4-14)29-20(27)15-5-7-16(8-6-15)22-13-23-21/h3-10,13H,11-12,21H2,1-2H3,(H,22,23). The van der Waals surface area contributed by atoms with Gasteiger partial charge in [0.25, 0.3) is 5.91 Å². The molecule has 0 radical (unpaired) electrons. The number of carbonyl (C=O) groups is 3. The molecule has 2 aromatic rings. The summed E-state index contributed by atoms with van der Waals surface area (Å²) in [6.07, 6.45) is 1.33. The van der Waals surface area contributed by atoms with Gasteiger partial charge in [0, 0.05) is 19.8 Å². The van der Waals surface area contributed by atoms with Crippen LogP contribution in [-0.4, -0.2) is 49.8 Å². The van der Waals surface area contributed by atoms with Crippen LogP contribution in [0, 0.1) is 0 Å². The second kappa shape index (κ2) is 10.5. The van der Waals surface area contributed by atoms with Crippen molar-refractivity contribution in [3.05, 3.63) is 59.7 Å². The number of hydrogen-bond acceptors (Lipinski definition) is 7. The van der Waals surface area contributed by atoms with Gasteiger partial charge >= 0.3 is 11.9 Å². The summed E-state index contributed by atoms with van der Waals surface area (Å²) in [6, 6.07) is 13.1. The highest BCUT2D eigenvalue weighted by Crippen LogP contribution is 2.16. The van der Waals surface area contributed by atoms with Crippen LogP contribution in [-0.2, 0) is 20.7 Å². The van der Waals surface area contributed by atoms with E-state index in [9.17, 15) is 14.4 Å². The molecule has 9 heteroatoms. The van der Waals surface area contributed by atoms with Crippen molar-refractivity contribution in [2.75, 3.05) is 26.0 Å². The van der Waals surface area contributed by atoms with Gasteiger partial charge in [0.2, 0.25) is 0 Å². The van der Waals surface area contributed by atoms with Crippen molar-refractivity contribution in [3.63, 3.8) is 0 Å². The van der Waals surface area contributed by atoms with Gasteiger partial charge in [0.1, 0.15) is 12.1 Å². The monoisotopic (exact) mass is 398 g/mol. The molecule has 152 valence electrons. The Labute approximate surface area is 168 Å². The van der Waals surface area contributed by atoms with Gasteiger partial charge in [-0.1, -0.05) is 12.1 Å². The van der Waals surface area contributed by atoms with Gasteiger partial charge in [-0.05, 0) is 42.0 Å². The summed E-state index contributed by atoms with van der Waals surface area (Å²) in [5.41, 5.74) is 1.77. The molecule has 29 heavy (non-hydrogen) atoms. The summed E-state index contributed by atoms with van der Waals surface area (Å²) in [5, 5.41) is 6.15. The van der Waals surface area contributed by atoms with Crippen LogP contribution in [0.4, 0.5) is 5.69 Å². The molecule has 0 aromatic heterocycles. The molecule has 0 aliphatic heterocycles. The molecule has 0 aliphatic carbocycles. The Hall–Kier alpha value is -3.88. The summed E-state index contributed by atoms with van der Waals surface area (Å²) in [6.45, 7) is -0.297. The maximum atomic E-state index is 12.2. The van der Waals surface area contributed by atoms with Crippen LogP contribution >= 0.6 is 0 Å². The Morgan fingerprint density at radius 2 is 1.72 bits per heavy atom. The number of amides is 1. The third-order valence-corrected chi connectivity index (χ3v) is 3.76. The number of nitrogens with two attached hydrogens (primary N) is 1. The van der Waals surface area contributed by atoms with Gasteiger partial charge in [-0.2, -0.15) is 5.10 Å². The maximum absolute atomic E-state index is 12.2. The fourth-order valence-corrected chi connectivity index (χ4v) is 2.14. The second-order valence-corrected chi connectivity index (χ2v) is 6.16. The first-order valence-corrected chi connectivity index (χ1v) is 8.64. The normalized spacial score (nSPS) is 10.4. The van der Waals surface area contributed by atoms with E-state index >= 15 is 0 Å². The number of likely N-dealkylation sites (N-methyl/N-ethyl adjacent to an activating group) is 1. The van der Waals surface area contributed by atoms with Crippen molar-refractivity contribution >= 4 is 29.9 Å². The fraction of sp³-hybridized carbons (Fsp3) is 0.200. The van der Waals surface area contributed by atoms with E-state index in [1.54, 1.807) is 62.6 Å². The lowest BCUT2D eigenvalue weighted by molar-refractivity contribution is -0.150. The zero-order chi connectivity index (χ0) is 21.2. The molecule has 2 rings (SSSR count). The van der Waals surface area contributed by atoms with Gasteiger partial charge in [-0.25, -0.2) is 4.79 Å². The molecule has 1 amide bonds. The van der Waals surface area contributed by atoms with Crippen LogP contribution in [0.3, 0.4) is 0 Å². The topological polar surface area (TPSA) is 123 Å². The SMILES string of the molecule is CN(C)C(=O)COC(=O)Cc1ccc(OC(=O)c2ccc(NC=NN)cc2)cc1. The lowest BCUT2D eigenvalue weighted by Gasteiger charge is -2.10. The van der Waals surface area contributed by atoms with Crippen LogP contribution < -0.4 is 15.9 Å². The minimum atomic E-state index is -0.515. The number of hydrogen-bond donors (Lipinski definition) is 2. The molecular formula is C20H22N4O5. The average molecular weight is 398 g/mol. The number of benzene rings is 2. The smallest absolute Gasteiger partial charge is 0.343 e. The first-order chi connectivity index (χ1) is 13.9. The molecule has 0 saturated heterocycles. The molecule has 0 bridgehead atoms. The van der Waals surface area contributed by atoms with E-state index in [0.29, 0.717) is 16.9 Å². The number of hydrazone groups is 1. The predicted octanol–water partition coefficient (Wildman–Crippen LogP) is 1.39. The minimum absolute atomic E-state index is 0.00943. The quantitative estimate of drug-likeness (QED) is 0.172. The Morgan fingerprint density at radius 1 is 1.07 bits per heavy atom. The molecule has 9 nitrogen and oxygen atoms in total. The minimum Gasteiger partial charge on any atom is -0.455 e. The highest BCUT2D eigenvalue weighted by Gasteiger charge is 2.11. The van der Waals surface area contributed by atoms with Gasteiger partial charge < -0.3 is 25.5 Å². The molecule has 0 heterocycles. The molecule has 0 spiro atoms. The summed E-state index contributed by atoms with van der Waals surface area (Å²) in [4.78, 5) is 36.7. The van der Waals surface area contributed by atoms with Crippen molar-refractivity contribution in [2.45, 2.75) is 6.42 Å². The molecule has 0 unspecified atom stereocenters. The predicted molar refractivity (Wildman–Crippen MR) is 108 cm³/mol. The average Bonchev–Trinajstić information content (AvgIpc) is 2.72. The van der Waals surface area contributed by atoms with Crippen LogP contribution in [0.2, 0.25) is 0 Å². The molecule has 0 saturated carbocycles. The maximum Gasteiger partial charge on any atom is 0.343 e. The number of rotatable bonds is 8. The molecule has 0 atom stereocenters. The van der Waals surface area contributed by atoms with Crippen molar-refractivity contribution < 1.29 is 23.9 Å². The van der Waals surface area contributed by atoms with E-state index in [2.05, 4.69) is 10.4 Å². The fourth-order valence-electron chi connectivity index (χ4n) is 2.14. The summed E-state index contributed by atoms with van der Waals surface area (Å²) in [5.74, 6) is 4.02. The Balaban J connectivity index is 1.87. The van der Waals surface area contributed by atoms with Crippen molar-refractivity contribution in [2.24, 2.45) is 10.9 Å². The number of carbonyl (C=O) groups excluding carboxylic acids is 3.